The van der Waals surface area contributed by atoms with Crippen LogP contribution in [-0.2, 0) is 11.2 Å². The summed E-state index contributed by atoms with van der Waals surface area (Å²) in [5.41, 5.74) is 1.99. The number of aromatic nitrogens is 1. The first-order chi connectivity index (χ1) is 12.6. The molecule has 1 aliphatic heterocycles. The lowest BCUT2D eigenvalue weighted by Crippen LogP contribution is -2.49. The van der Waals surface area contributed by atoms with Crippen LogP contribution in [0, 0.1) is 0 Å². The maximum atomic E-state index is 12.4. The summed E-state index contributed by atoms with van der Waals surface area (Å²) in [6.07, 6.45) is 1.86. The van der Waals surface area contributed by atoms with Crippen molar-refractivity contribution in [2.24, 2.45) is 0 Å². The van der Waals surface area contributed by atoms with Crippen LogP contribution in [0.5, 0.6) is 11.5 Å². The molecule has 0 bridgehead atoms. The van der Waals surface area contributed by atoms with E-state index in [1.54, 1.807) is 18.3 Å². The van der Waals surface area contributed by atoms with Gasteiger partial charge < -0.3 is 29.7 Å². The number of carboxylic acid groups (broad SMARTS) is 1. The fourth-order valence-corrected chi connectivity index (χ4v) is 2.99. The number of benzene rings is 2. The number of aliphatic carboxylic acids is 1. The molecule has 26 heavy (non-hydrogen) atoms. The zero-order chi connectivity index (χ0) is 18.1. The fourth-order valence-electron chi connectivity index (χ4n) is 2.99. The van der Waals surface area contributed by atoms with Crippen molar-refractivity contribution in [3.8, 4) is 11.5 Å². The van der Waals surface area contributed by atoms with Crippen LogP contribution < -0.4 is 19.9 Å². The van der Waals surface area contributed by atoms with Crippen molar-refractivity contribution in [1.29, 1.82) is 0 Å². The van der Waals surface area contributed by atoms with Crippen molar-refractivity contribution >= 4 is 22.8 Å². The molecule has 2 heterocycles. The van der Waals surface area contributed by atoms with Crippen LogP contribution in [0.15, 0.2) is 48.7 Å². The van der Waals surface area contributed by atoms with Gasteiger partial charge in [0, 0.05) is 29.1 Å². The van der Waals surface area contributed by atoms with Crippen LogP contribution in [0.3, 0.4) is 0 Å². The largest absolute Gasteiger partial charge is 0.548 e. The Labute approximate surface area is 148 Å². The Kier molecular flexibility index (Phi) is 3.96. The molecular weight excluding hydrogens is 336 g/mol. The van der Waals surface area contributed by atoms with Gasteiger partial charge in [-0.15, -0.1) is 0 Å². The van der Waals surface area contributed by atoms with E-state index in [9.17, 15) is 14.7 Å². The Bertz CT molecular complexity index is 995. The van der Waals surface area contributed by atoms with Gasteiger partial charge in [0.15, 0.2) is 11.5 Å². The van der Waals surface area contributed by atoms with Gasteiger partial charge in [0.2, 0.25) is 6.79 Å². The molecule has 3 aromatic rings. The number of aromatic amines is 1. The third-order valence-corrected chi connectivity index (χ3v) is 4.32. The smallest absolute Gasteiger partial charge is 0.251 e. The van der Waals surface area contributed by atoms with E-state index in [0.29, 0.717) is 17.1 Å². The summed E-state index contributed by atoms with van der Waals surface area (Å²) >= 11 is 0. The van der Waals surface area contributed by atoms with Crippen molar-refractivity contribution in [3.05, 3.63) is 59.8 Å². The lowest BCUT2D eigenvalue weighted by Gasteiger charge is -2.19. The highest BCUT2D eigenvalue weighted by molar-refractivity contribution is 5.97. The van der Waals surface area contributed by atoms with Gasteiger partial charge in [-0.1, -0.05) is 18.2 Å². The van der Waals surface area contributed by atoms with Crippen LogP contribution in [0.4, 0.5) is 0 Å². The number of hydrogen-bond donors (Lipinski definition) is 2. The van der Waals surface area contributed by atoms with Crippen LogP contribution in [0.1, 0.15) is 15.9 Å². The van der Waals surface area contributed by atoms with Crippen molar-refractivity contribution in [1.82, 2.24) is 10.3 Å². The molecule has 7 nitrogen and oxygen atoms in total. The molecule has 0 unspecified atom stereocenters. The molecule has 0 saturated carbocycles. The second-order valence-electron chi connectivity index (χ2n) is 5.98. The topological polar surface area (TPSA) is 103 Å². The maximum Gasteiger partial charge on any atom is 0.251 e. The Morgan fingerprint density at radius 2 is 1.96 bits per heavy atom. The third kappa shape index (κ3) is 2.95. The zero-order valence-corrected chi connectivity index (χ0v) is 13.7. The number of amides is 1. The average molecular weight is 351 g/mol. The van der Waals surface area contributed by atoms with Crippen LogP contribution in [0.2, 0.25) is 0 Å². The number of ether oxygens (including phenoxy) is 2. The average Bonchev–Trinajstić information content (AvgIpc) is 3.27. The molecule has 4 rings (SSSR count). The van der Waals surface area contributed by atoms with Gasteiger partial charge in [-0.3, -0.25) is 4.79 Å². The first-order valence-corrected chi connectivity index (χ1v) is 8.08. The molecule has 2 N–H and O–H groups in total. The van der Waals surface area contributed by atoms with E-state index in [1.165, 1.54) is 6.07 Å². The number of nitrogens with one attached hydrogen (secondary N) is 2. The third-order valence-electron chi connectivity index (χ3n) is 4.32. The molecule has 0 spiro atoms. The molecule has 2 aromatic carbocycles. The van der Waals surface area contributed by atoms with E-state index < -0.39 is 17.9 Å². The number of hydrogen-bond acceptors (Lipinski definition) is 5. The molecule has 0 saturated heterocycles. The predicted molar refractivity (Wildman–Crippen MR) is 90.8 cm³/mol. The zero-order valence-electron chi connectivity index (χ0n) is 13.7. The van der Waals surface area contributed by atoms with Crippen molar-refractivity contribution in [2.45, 2.75) is 12.5 Å². The molecular formula is C19H15N2O5-. The molecule has 7 heteroatoms. The fraction of sp³-hybridized carbons (Fsp3) is 0.158. The number of carbonyl (C=O) groups is 2. The summed E-state index contributed by atoms with van der Waals surface area (Å²) in [4.78, 5) is 27.1. The number of carboxylic acids is 1. The van der Waals surface area contributed by atoms with Crippen molar-refractivity contribution in [2.75, 3.05) is 6.79 Å². The quantitative estimate of drug-likeness (QED) is 0.713. The minimum absolute atomic E-state index is 0.0998. The number of para-hydroxylation sites is 1. The minimum atomic E-state index is -1.34. The molecule has 132 valence electrons. The molecule has 0 fully saturated rings. The van der Waals surface area contributed by atoms with Gasteiger partial charge in [0.1, 0.15) is 0 Å². The number of H-pyrrole nitrogens is 1. The lowest BCUT2D eigenvalue weighted by atomic mass is 10.0. The van der Waals surface area contributed by atoms with Gasteiger partial charge in [0.05, 0.1) is 12.0 Å². The molecule has 1 aromatic heterocycles. The monoisotopic (exact) mass is 351 g/mol. The standard InChI is InChI=1S/C19H16N2O5/c22-18(11-5-6-16-17(8-11)26-10-25-16)21-15(19(23)24)7-12-9-20-14-4-2-1-3-13(12)14/h1-6,8-9,15,20H,7,10H2,(H,21,22)(H,23,24)/p-1/t15-/m1/s1. The summed E-state index contributed by atoms with van der Waals surface area (Å²) in [5, 5.41) is 15.0. The number of rotatable bonds is 5. The van der Waals surface area contributed by atoms with Crippen LogP contribution >= 0.6 is 0 Å². The molecule has 1 amide bonds. The van der Waals surface area contributed by atoms with E-state index >= 15 is 0 Å². The molecule has 0 aliphatic carbocycles. The van der Waals surface area contributed by atoms with Gasteiger partial charge >= 0.3 is 0 Å². The Hall–Kier alpha value is -3.48. The van der Waals surface area contributed by atoms with Crippen LogP contribution in [-0.4, -0.2) is 29.7 Å². The Morgan fingerprint density at radius 1 is 1.15 bits per heavy atom. The SMILES string of the molecule is O=C(N[C@H](Cc1c[nH]c2ccccc12)C(=O)[O-])c1ccc2c(c1)OCO2. The summed E-state index contributed by atoms with van der Waals surface area (Å²) < 4.78 is 10.4. The molecule has 0 radical (unpaired) electrons. The summed E-state index contributed by atoms with van der Waals surface area (Å²) in [6.45, 7) is 0.0998. The minimum Gasteiger partial charge on any atom is -0.548 e. The highest BCUT2D eigenvalue weighted by Crippen LogP contribution is 2.32. The summed E-state index contributed by atoms with van der Waals surface area (Å²) in [5.74, 6) is -0.849. The van der Waals surface area contributed by atoms with E-state index in [4.69, 9.17) is 9.47 Å². The number of fused-ring (bicyclic) bond motifs is 2. The van der Waals surface area contributed by atoms with E-state index in [1.807, 2.05) is 24.3 Å². The second kappa shape index (κ2) is 6.44. The second-order valence-corrected chi connectivity index (χ2v) is 5.98. The highest BCUT2D eigenvalue weighted by Gasteiger charge is 2.20. The molecule has 1 atom stereocenters. The number of carbonyl (C=O) groups excluding carboxylic acids is 2. The van der Waals surface area contributed by atoms with Gasteiger partial charge in [-0.25, -0.2) is 0 Å². The van der Waals surface area contributed by atoms with Crippen LogP contribution in [0.25, 0.3) is 10.9 Å². The van der Waals surface area contributed by atoms with E-state index in [2.05, 4.69) is 10.3 Å². The van der Waals surface area contributed by atoms with Crippen molar-refractivity contribution in [3.63, 3.8) is 0 Å². The highest BCUT2D eigenvalue weighted by atomic mass is 16.7. The summed E-state index contributed by atoms with van der Waals surface area (Å²) in [6, 6.07) is 11.1. The van der Waals surface area contributed by atoms with Gasteiger partial charge in [0.25, 0.3) is 5.91 Å². The van der Waals surface area contributed by atoms with Gasteiger partial charge in [-0.2, -0.15) is 0 Å². The first kappa shape index (κ1) is 16.0. The Balaban J connectivity index is 1.53. The first-order valence-electron chi connectivity index (χ1n) is 8.08. The Morgan fingerprint density at radius 3 is 2.81 bits per heavy atom. The lowest BCUT2D eigenvalue weighted by molar-refractivity contribution is -0.308. The predicted octanol–water partition coefficient (Wildman–Crippen LogP) is 0.988. The normalized spacial score (nSPS) is 13.5. The van der Waals surface area contributed by atoms with E-state index in [0.717, 1.165) is 16.5 Å². The van der Waals surface area contributed by atoms with E-state index in [-0.39, 0.29) is 13.2 Å². The maximum absolute atomic E-state index is 12.4. The molecule has 1 aliphatic rings. The summed E-state index contributed by atoms with van der Waals surface area (Å²) in [7, 11) is 0. The van der Waals surface area contributed by atoms with Gasteiger partial charge in [-0.05, 0) is 29.8 Å². The van der Waals surface area contributed by atoms with Crippen molar-refractivity contribution < 1.29 is 24.2 Å².